The molecule has 0 bridgehead atoms. The van der Waals surface area contributed by atoms with E-state index in [1.807, 2.05) is 0 Å². The molecule has 0 spiro atoms. The van der Waals surface area contributed by atoms with Crippen molar-refractivity contribution < 1.29 is 4.79 Å². The van der Waals surface area contributed by atoms with Crippen LogP contribution in [0.4, 0.5) is 0 Å². The number of nitrogens with zero attached hydrogens (tertiary/aromatic N) is 1. The first-order chi connectivity index (χ1) is 7.77. The molecular weight excluding hydrogens is 202 g/mol. The Morgan fingerprint density at radius 3 is 3.12 bits per heavy atom. The Bertz CT molecular complexity index is 259. The number of nitrogens with two attached hydrogens (primary N) is 1. The molecule has 0 aromatic rings. The maximum absolute atomic E-state index is 11.7. The highest BCUT2D eigenvalue weighted by molar-refractivity contribution is 5.78. The summed E-state index contributed by atoms with van der Waals surface area (Å²) in [4.78, 5) is 14.0. The number of terminal acetylenes is 1. The van der Waals surface area contributed by atoms with E-state index in [9.17, 15) is 4.79 Å². The molecule has 90 valence electrons. The summed E-state index contributed by atoms with van der Waals surface area (Å²) in [5, 5.41) is 2.85. The average molecular weight is 223 g/mol. The Hall–Kier alpha value is -1.05. The molecule has 4 heteroatoms. The van der Waals surface area contributed by atoms with Crippen molar-refractivity contribution in [3.8, 4) is 12.3 Å². The van der Waals surface area contributed by atoms with E-state index in [-0.39, 0.29) is 11.8 Å². The van der Waals surface area contributed by atoms with Gasteiger partial charge in [0.2, 0.25) is 5.91 Å². The zero-order valence-corrected chi connectivity index (χ0v) is 9.74. The van der Waals surface area contributed by atoms with E-state index in [0.717, 1.165) is 38.9 Å². The first kappa shape index (κ1) is 13.0. The Labute approximate surface area is 97.6 Å². The largest absolute Gasteiger partial charge is 0.355 e. The molecule has 1 saturated heterocycles. The summed E-state index contributed by atoms with van der Waals surface area (Å²) in [5.74, 6) is 2.88. The molecule has 1 unspecified atom stereocenters. The minimum Gasteiger partial charge on any atom is -0.355 e. The van der Waals surface area contributed by atoms with Crippen LogP contribution in [0.25, 0.3) is 0 Å². The predicted molar refractivity (Wildman–Crippen MR) is 64.7 cm³/mol. The summed E-state index contributed by atoms with van der Waals surface area (Å²) < 4.78 is 0. The number of piperidine rings is 1. The lowest BCUT2D eigenvalue weighted by atomic mass is 9.97. The normalized spacial score (nSPS) is 21.4. The van der Waals surface area contributed by atoms with Crippen LogP contribution in [0.2, 0.25) is 0 Å². The molecular formula is C12H21N3O. The SMILES string of the molecule is C#CCCN1CCCC(C(=O)NCCN)C1. The number of amides is 1. The summed E-state index contributed by atoms with van der Waals surface area (Å²) in [6.45, 7) is 3.86. The van der Waals surface area contributed by atoms with E-state index in [0.29, 0.717) is 13.1 Å². The number of hydrogen-bond acceptors (Lipinski definition) is 3. The lowest BCUT2D eigenvalue weighted by molar-refractivity contribution is -0.126. The second kappa shape index (κ2) is 7.26. The Kier molecular flexibility index (Phi) is 5.91. The molecule has 4 nitrogen and oxygen atoms in total. The van der Waals surface area contributed by atoms with E-state index < -0.39 is 0 Å². The van der Waals surface area contributed by atoms with Crippen LogP contribution in [0.5, 0.6) is 0 Å². The third-order valence-electron chi connectivity index (χ3n) is 2.89. The van der Waals surface area contributed by atoms with Crippen molar-refractivity contribution in [1.29, 1.82) is 0 Å². The number of carbonyl (C=O) groups is 1. The number of likely N-dealkylation sites (tertiary alicyclic amines) is 1. The Balaban J connectivity index is 2.32. The molecule has 16 heavy (non-hydrogen) atoms. The second-order valence-corrected chi connectivity index (χ2v) is 4.17. The lowest BCUT2D eigenvalue weighted by Gasteiger charge is -2.31. The highest BCUT2D eigenvalue weighted by atomic mass is 16.1. The van der Waals surface area contributed by atoms with Gasteiger partial charge < -0.3 is 16.0 Å². The first-order valence-electron chi connectivity index (χ1n) is 5.91. The number of nitrogens with one attached hydrogen (secondary N) is 1. The van der Waals surface area contributed by atoms with Crippen LogP contribution in [0.3, 0.4) is 0 Å². The second-order valence-electron chi connectivity index (χ2n) is 4.17. The summed E-state index contributed by atoms with van der Waals surface area (Å²) >= 11 is 0. The standard InChI is InChI=1S/C12H21N3O/c1-2-3-8-15-9-4-5-11(10-15)12(16)14-7-6-13/h1,11H,3-10,13H2,(H,14,16). The van der Waals surface area contributed by atoms with Crippen molar-refractivity contribution >= 4 is 5.91 Å². The van der Waals surface area contributed by atoms with Gasteiger partial charge >= 0.3 is 0 Å². The maximum atomic E-state index is 11.7. The van der Waals surface area contributed by atoms with Crippen molar-refractivity contribution in [3.63, 3.8) is 0 Å². The van der Waals surface area contributed by atoms with Crippen LogP contribution in [0.15, 0.2) is 0 Å². The minimum atomic E-state index is 0.109. The Morgan fingerprint density at radius 1 is 1.62 bits per heavy atom. The van der Waals surface area contributed by atoms with Crippen molar-refractivity contribution in [3.05, 3.63) is 0 Å². The highest BCUT2D eigenvalue weighted by Gasteiger charge is 2.24. The number of rotatable bonds is 5. The van der Waals surface area contributed by atoms with Crippen molar-refractivity contribution in [2.75, 3.05) is 32.7 Å². The minimum absolute atomic E-state index is 0.109. The molecule has 3 N–H and O–H groups in total. The third kappa shape index (κ3) is 4.21. The predicted octanol–water partition coefficient (Wildman–Crippen LogP) is -0.203. The van der Waals surface area contributed by atoms with Crippen LogP contribution in [-0.4, -0.2) is 43.5 Å². The van der Waals surface area contributed by atoms with Gasteiger partial charge in [0.15, 0.2) is 0 Å². The van der Waals surface area contributed by atoms with Gasteiger partial charge in [-0.15, -0.1) is 12.3 Å². The Morgan fingerprint density at radius 2 is 2.44 bits per heavy atom. The molecule has 1 fully saturated rings. The molecule has 0 aromatic heterocycles. The molecule has 1 rings (SSSR count). The molecule has 1 heterocycles. The maximum Gasteiger partial charge on any atom is 0.224 e. The molecule has 1 aliphatic rings. The van der Waals surface area contributed by atoms with Gasteiger partial charge in [0.25, 0.3) is 0 Å². The zero-order valence-electron chi connectivity index (χ0n) is 9.74. The van der Waals surface area contributed by atoms with Crippen LogP contribution >= 0.6 is 0 Å². The topological polar surface area (TPSA) is 58.4 Å². The molecule has 0 radical (unpaired) electrons. The van der Waals surface area contributed by atoms with Crippen LogP contribution < -0.4 is 11.1 Å². The van der Waals surface area contributed by atoms with Crippen LogP contribution in [0, 0.1) is 18.3 Å². The molecule has 1 atom stereocenters. The van der Waals surface area contributed by atoms with E-state index in [4.69, 9.17) is 12.2 Å². The summed E-state index contributed by atoms with van der Waals surface area (Å²) in [6.07, 6.45) is 8.05. The fourth-order valence-corrected chi connectivity index (χ4v) is 2.04. The van der Waals surface area contributed by atoms with Gasteiger partial charge in [-0.05, 0) is 19.4 Å². The number of carbonyl (C=O) groups excluding carboxylic acids is 1. The van der Waals surface area contributed by atoms with Gasteiger partial charge in [-0.3, -0.25) is 4.79 Å². The van der Waals surface area contributed by atoms with Gasteiger partial charge in [-0.2, -0.15) is 0 Å². The average Bonchev–Trinajstić information content (AvgIpc) is 2.33. The van der Waals surface area contributed by atoms with E-state index in [2.05, 4.69) is 16.1 Å². The van der Waals surface area contributed by atoms with E-state index in [1.165, 1.54) is 0 Å². The van der Waals surface area contributed by atoms with Crippen LogP contribution in [0.1, 0.15) is 19.3 Å². The zero-order chi connectivity index (χ0) is 11.8. The smallest absolute Gasteiger partial charge is 0.224 e. The monoisotopic (exact) mass is 223 g/mol. The first-order valence-corrected chi connectivity index (χ1v) is 5.91. The fourth-order valence-electron chi connectivity index (χ4n) is 2.04. The highest BCUT2D eigenvalue weighted by Crippen LogP contribution is 2.16. The molecule has 1 amide bonds. The molecule has 0 aromatic carbocycles. The van der Waals surface area contributed by atoms with Gasteiger partial charge in [0, 0.05) is 32.6 Å². The van der Waals surface area contributed by atoms with Crippen molar-refractivity contribution in [1.82, 2.24) is 10.2 Å². The fraction of sp³-hybridized carbons (Fsp3) is 0.750. The lowest BCUT2D eigenvalue weighted by Crippen LogP contribution is -2.44. The van der Waals surface area contributed by atoms with Gasteiger partial charge in [0.1, 0.15) is 0 Å². The van der Waals surface area contributed by atoms with E-state index >= 15 is 0 Å². The van der Waals surface area contributed by atoms with E-state index in [1.54, 1.807) is 0 Å². The van der Waals surface area contributed by atoms with Crippen molar-refractivity contribution in [2.24, 2.45) is 11.7 Å². The van der Waals surface area contributed by atoms with Gasteiger partial charge in [-0.25, -0.2) is 0 Å². The molecule has 0 saturated carbocycles. The molecule has 1 aliphatic heterocycles. The van der Waals surface area contributed by atoms with Crippen molar-refractivity contribution in [2.45, 2.75) is 19.3 Å². The summed E-state index contributed by atoms with van der Waals surface area (Å²) in [7, 11) is 0. The van der Waals surface area contributed by atoms with Gasteiger partial charge in [0.05, 0.1) is 5.92 Å². The van der Waals surface area contributed by atoms with Crippen LogP contribution in [-0.2, 0) is 4.79 Å². The third-order valence-corrected chi connectivity index (χ3v) is 2.89. The summed E-state index contributed by atoms with van der Waals surface area (Å²) in [6, 6.07) is 0. The van der Waals surface area contributed by atoms with Gasteiger partial charge in [-0.1, -0.05) is 0 Å². The number of hydrogen-bond donors (Lipinski definition) is 2. The quantitative estimate of drug-likeness (QED) is 0.634. The molecule has 0 aliphatic carbocycles. The summed E-state index contributed by atoms with van der Waals surface area (Å²) in [5.41, 5.74) is 5.35.